The van der Waals surface area contributed by atoms with E-state index in [2.05, 4.69) is 29.6 Å². The lowest BCUT2D eigenvalue weighted by Crippen LogP contribution is -2.47. The fourth-order valence-corrected chi connectivity index (χ4v) is 3.69. The summed E-state index contributed by atoms with van der Waals surface area (Å²) in [5, 5.41) is 22.2. The maximum atomic E-state index is 12.3. The van der Waals surface area contributed by atoms with E-state index in [9.17, 15) is 15.0 Å². The van der Waals surface area contributed by atoms with E-state index < -0.39 is 17.7 Å². The molecule has 0 saturated heterocycles. The number of amides is 1. The molecule has 0 unspecified atom stereocenters. The zero-order valence-corrected chi connectivity index (χ0v) is 18.3. The van der Waals surface area contributed by atoms with Crippen molar-refractivity contribution in [1.82, 2.24) is 5.32 Å². The van der Waals surface area contributed by atoms with Gasteiger partial charge >= 0.3 is 0 Å². The Morgan fingerprint density at radius 2 is 1.63 bits per heavy atom. The number of fused-ring (bicyclic) bond motifs is 1. The quantitative estimate of drug-likeness (QED) is 0.581. The van der Waals surface area contributed by atoms with E-state index in [1.807, 2.05) is 30.3 Å². The lowest BCUT2D eigenvalue weighted by Gasteiger charge is -2.25. The molecule has 0 fully saturated rings. The number of aliphatic hydroxyl groups is 2. The standard InChI is InChI=1S/C16H25NO4.C9H10/c1-16(2,20)17-15(19)13(10-14(18)11-21-3)9-12-7-5-4-6-8-12;1-2-5-9-7-3-6-8(9)4-1/h4-8,13-14,18,20H,9-11H2,1-3H3,(H,17,19);1-2,4-5H,3,6-7H2/t13-,14+;/m1./s1. The third-order valence-corrected chi connectivity index (χ3v) is 5.05. The fraction of sp³-hybridized carbons (Fsp3) is 0.480. The molecule has 164 valence electrons. The van der Waals surface area contributed by atoms with Gasteiger partial charge in [-0.2, -0.15) is 0 Å². The summed E-state index contributed by atoms with van der Waals surface area (Å²) < 4.78 is 4.90. The van der Waals surface area contributed by atoms with Crippen LogP contribution in [0.1, 0.15) is 43.4 Å². The van der Waals surface area contributed by atoms with Gasteiger partial charge in [0.2, 0.25) is 5.91 Å². The molecule has 2 atom stereocenters. The number of ether oxygens (including phenoxy) is 1. The first-order valence-corrected chi connectivity index (χ1v) is 10.6. The highest BCUT2D eigenvalue weighted by molar-refractivity contribution is 5.79. The first-order valence-electron chi connectivity index (χ1n) is 10.6. The molecule has 0 aromatic heterocycles. The summed E-state index contributed by atoms with van der Waals surface area (Å²) in [6, 6.07) is 18.3. The Labute approximate surface area is 180 Å². The van der Waals surface area contributed by atoms with Gasteiger partial charge < -0.3 is 20.3 Å². The molecule has 30 heavy (non-hydrogen) atoms. The number of aliphatic hydroxyl groups excluding tert-OH is 1. The second-order valence-electron chi connectivity index (χ2n) is 8.40. The molecular formula is C25H35NO4. The topological polar surface area (TPSA) is 78.8 Å². The first kappa shape index (κ1) is 24.1. The van der Waals surface area contributed by atoms with E-state index in [-0.39, 0.29) is 18.9 Å². The Hall–Kier alpha value is -2.21. The summed E-state index contributed by atoms with van der Waals surface area (Å²) in [5.74, 6) is -0.703. The minimum Gasteiger partial charge on any atom is -0.391 e. The first-order chi connectivity index (χ1) is 14.3. The molecule has 0 spiro atoms. The third-order valence-electron chi connectivity index (χ3n) is 5.05. The lowest BCUT2D eigenvalue weighted by atomic mass is 9.92. The number of carbonyl (C=O) groups is 1. The number of methoxy groups -OCH3 is 1. The van der Waals surface area contributed by atoms with Gasteiger partial charge in [-0.15, -0.1) is 0 Å². The largest absolute Gasteiger partial charge is 0.391 e. The summed E-state index contributed by atoms with van der Waals surface area (Å²) in [5.41, 5.74) is 2.87. The normalized spacial score (nSPS) is 14.8. The summed E-state index contributed by atoms with van der Waals surface area (Å²) >= 11 is 0. The summed E-state index contributed by atoms with van der Waals surface area (Å²) in [7, 11) is 1.51. The van der Waals surface area contributed by atoms with Crippen molar-refractivity contribution in [2.24, 2.45) is 5.92 Å². The van der Waals surface area contributed by atoms with Crippen LogP contribution in [-0.2, 0) is 28.8 Å². The highest BCUT2D eigenvalue weighted by Crippen LogP contribution is 2.20. The smallest absolute Gasteiger partial charge is 0.225 e. The Morgan fingerprint density at radius 1 is 1.07 bits per heavy atom. The molecule has 1 amide bonds. The van der Waals surface area contributed by atoms with Crippen molar-refractivity contribution in [3.05, 3.63) is 71.3 Å². The van der Waals surface area contributed by atoms with Crippen molar-refractivity contribution in [1.29, 1.82) is 0 Å². The molecule has 2 aromatic carbocycles. The number of benzene rings is 2. The van der Waals surface area contributed by atoms with Crippen LogP contribution in [0.15, 0.2) is 54.6 Å². The zero-order chi connectivity index (χ0) is 22.0. The highest BCUT2D eigenvalue weighted by atomic mass is 16.5. The van der Waals surface area contributed by atoms with Gasteiger partial charge in [0.05, 0.1) is 12.7 Å². The molecular weight excluding hydrogens is 378 g/mol. The van der Waals surface area contributed by atoms with E-state index in [1.54, 1.807) is 11.1 Å². The minimum atomic E-state index is -1.28. The number of nitrogens with one attached hydrogen (secondary N) is 1. The number of rotatable bonds is 8. The molecule has 3 rings (SSSR count). The van der Waals surface area contributed by atoms with Gasteiger partial charge in [-0.05, 0) is 62.6 Å². The van der Waals surface area contributed by atoms with Crippen LogP contribution < -0.4 is 5.32 Å². The van der Waals surface area contributed by atoms with Gasteiger partial charge in [0.15, 0.2) is 0 Å². The van der Waals surface area contributed by atoms with Crippen molar-refractivity contribution in [3.63, 3.8) is 0 Å². The van der Waals surface area contributed by atoms with Crippen molar-refractivity contribution in [2.75, 3.05) is 13.7 Å². The molecule has 0 aliphatic heterocycles. The maximum Gasteiger partial charge on any atom is 0.225 e. The molecule has 2 aromatic rings. The predicted molar refractivity (Wildman–Crippen MR) is 119 cm³/mol. The average molecular weight is 414 g/mol. The summed E-state index contributed by atoms with van der Waals surface area (Å²) in [6.07, 6.45) is 4.04. The Kier molecular flexibility index (Phi) is 9.50. The molecule has 3 N–H and O–H groups in total. The minimum absolute atomic E-state index is 0.182. The molecule has 0 saturated carbocycles. The fourth-order valence-electron chi connectivity index (χ4n) is 3.69. The van der Waals surface area contributed by atoms with E-state index in [1.165, 1.54) is 40.2 Å². The van der Waals surface area contributed by atoms with Gasteiger partial charge in [0.25, 0.3) is 0 Å². The van der Waals surface area contributed by atoms with Gasteiger partial charge in [-0.25, -0.2) is 0 Å². The van der Waals surface area contributed by atoms with Gasteiger partial charge in [0, 0.05) is 13.0 Å². The van der Waals surface area contributed by atoms with Crippen molar-refractivity contribution < 1.29 is 19.7 Å². The van der Waals surface area contributed by atoms with Gasteiger partial charge in [-0.1, -0.05) is 54.6 Å². The summed E-state index contributed by atoms with van der Waals surface area (Å²) in [6.45, 7) is 3.20. The van der Waals surface area contributed by atoms with E-state index in [4.69, 9.17) is 4.74 Å². The molecule has 0 heterocycles. The van der Waals surface area contributed by atoms with E-state index in [0.717, 1.165) is 5.56 Å². The van der Waals surface area contributed by atoms with Gasteiger partial charge in [0.1, 0.15) is 5.72 Å². The molecule has 1 aliphatic carbocycles. The maximum absolute atomic E-state index is 12.3. The summed E-state index contributed by atoms with van der Waals surface area (Å²) in [4.78, 5) is 12.3. The highest BCUT2D eigenvalue weighted by Gasteiger charge is 2.26. The van der Waals surface area contributed by atoms with E-state index >= 15 is 0 Å². The third kappa shape index (κ3) is 8.66. The second-order valence-corrected chi connectivity index (χ2v) is 8.40. The number of hydrogen-bond acceptors (Lipinski definition) is 4. The average Bonchev–Trinajstić information content (AvgIpc) is 3.16. The van der Waals surface area contributed by atoms with Gasteiger partial charge in [-0.3, -0.25) is 4.79 Å². The van der Waals surface area contributed by atoms with Crippen LogP contribution in [0.3, 0.4) is 0 Å². The lowest BCUT2D eigenvalue weighted by molar-refractivity contribution is -0.132. The monoisotopic (exact) mass is 413 g/mol. The predicted octanol–water partition coefficient (Wildman–Crippen LogP) is 3.26. The Balaban J connectivity index is 0.000000290. The van der Waals surface area contributed by atoms with Crippen molar-refractivity contribution in [3.8, 4) is 0 Å². The van der Waals surface area contributed by atoms with Crippen LogP contribution in [0.5, 0.6) is 0 Å². The SMILES string of the molecule is COC[C@@H](O)C[C@@H](Cc1ccccc1)C(=O)NC(C)(C)O.c1ccc2c(c1)CCC2. The van der Waals surface area contributed by atoms with Crippen LogP contribution >= 0.6 is 0 Å². The van der Waals surface area contributed by atoms with Crippen LogP contribution in [0.4, 0.5) is 0 Å². The number of aryl methyl sites for hydroxylation is 2. The zero-order valence-electron chi connectivity index (χ0n) is 18.3. The molecule has 1 aliphatic rings. The molecule has 5 heteroatoms. The molecule has 5 nitrogen and oxygen atoms in total. The molecule has 0 bridgehead atoms. The second kappa shape index (κ2) is 11.8. The van der Waals surface area contributed by atoms with Crippen LogP contribution in [-0.4, -0.2) is 41.7 Å². The number of hydrogen-bond donors (Lipinski definition) is 3. The van der Waals surface area contributed by atoms with Crippen LogP contribution in [0, 0.1) is 5.92 Å². The number of carbonyl (C=O) groups excluding carboxylic acids is 1. The Morgan fingerprint density at radius 3 is 2.17 bits per heavy atom. The van der Waals surface area contributed by atoms with Crippen LogP contribution in [0.25, 0.3) is 0 Å². The van der Waals surface area contributed by atoms with Crippen molar-refractivity contribution in [2.45, 2.75) is 57.8 Å². The van der Waals surface area contributed by atoms with Crippen molar-refractivity contribution >= 4 is 5.91 Å². The Bertz CT molecular complexity index is 747. The molecule has 0 radical (unpaired) electrons. The van der Waals surface area contributed by atoms with Crippen LogP contribution in [0.2, 0.25) is 0 Å². The van der Waals surface area contributed by atoms with E-state index in [0.29, 0.717) is 6.42 Å².